The number of ether oxygens (including phenoxy) is 1. The predicted molar refractivity (Wildman–Crippen MR) is 78.2 cm³/mol. The molecule has 2 aliphatic carbocycles. The van der Waals surface area contributed by atoms with Gasteiger partial charge in [-0.3, -0.25) is 10.2 Å². The van der Waals surface area contributed by atoms with Gasteiger partial charge < -0.3 is 4.74 Å². The van der Waals surface area contributed by atoms with E-state index in [4.69, 9.17) is 4.74 Å². The van der Waals surface area contributed by atoms with Crippen molar-refractivity contribution in [3.8, 4) is 0 Å². The third-order valence-electron chi connectivity index (χ3n) is 3.29. The fraction of sp³-hybridized carbons (Fsp3) is 0.867. The van der Waals surface area contributed by atoms with Gasteiger partial charge in [0.05, 0.1) is 0 Å². The van der Waals surface area contributed by atoms with E-state index >= 15 is 0 Å². The molecule has 2 rings (SSSR count). The minimum atomic E-state index is -0.429. The molecular weight excluding hydrogens is 256 g/mol. The van der Waals surface area contributed by atoms with E-state index in [0.29, 0.717) is 11.8 Å². The van der Waals surface area contributed by atoms with Crippen LogP contribution >= 0.6 is 0 Å². The fourth-order valence-corrected chi connectivity index (χ4v) is 2.30. The van der Waals surface area contributed by atoms with Gasteiger partial charge in [-0.25, -0.2) is 10.2 Å². The average Bonchev–Trinajstić information content (AvgIpc) is 2.97. The maximum Gasteiger partial charge on any atom is 0.422 e. The summed E-state index contributed by atoms with van der Waals surface area (Å²) in [4.78, 5) is 21.5. The summed E-state index contributed by atoms with van der Waals surface area (Å²) in [5.74, 6) is 0.454. The van der Waals surface area contributed by atoms with Crippen molar-refractivity contribution in [2.75, 3.05) is 0 Å². The Morgan fingerprint density at radius 1 is 1.10 bits per heavy atom. The van der Waals surface area contributed by atoms with E-state index in [1.807, 2.05) is 20.8 Å². The maximum atomic E-state index is 11.2. The molecule has 0 unspecified atom stereocenters. The van der Waals surface area contributed by atoms with Crippen molar-refractivity contribution in [1.29, 1.82) is 0 Å². The van der Waals surface area contributed by atoms with Crippen LogP contribution in [0.5, 0.6) is 0 Å². The molecule has 0 atom stereocenters. The third-order valence-corrected chi connectivity index (χ3v) is 3.29. The van der Waals surface area contributed by atoms with Crippen molar-refractivity contribution in [3.63, 3.8) is 0 Å². The van der Waals surface area contributed by atoms with E-state index in [1.54, 1.807) is 0 Å². The number of carbonyl (C=O) groups is 2. The van der Waals surface area contributed by atoms with E-state index in [0.717, 1.165) is 38.5 Å². The van der Waals surface area contributed by atoms with E-state index < -0.39 is 11.7 Å². The molecule has 0 saturated heterocycles. The molecule has 116 valence electrons. The van der Waals surface area contributed by atoms with Crippen molar-refractivity contribution in [2.45, 2.75) is 83.8 Å². The molecule has 0 spiro atoms. The lowest BCUT2D eigenvalue weighted by Gasteiger charge is -2.21. The lowest BCUT2D eigenvalue weighted by Crippen LogP contribution is -2.45. The zero-order valence-electron chi connectivity index (χ0n) is 13.0. The van der Waals surface area contributed by atoms with E-state index in [9.17, 15) is 9.59 Å². The van der Waals surface area contributed by atoms with Crippen LogP contribution in [0.1, 0.15) is 72.1 Å². The Balaban J connectivity index is 0.000000276. The summed E-state index contributed by atoms with van der Waals surface area (Å²) in [5, 5.41) is 0. The number of hydrogen-bond donors (Lipinski definition) is 2. The van der Waals surface area contributed by atoms with Crippen LogP contribution in [0.15, 0.2) is 0 Å². The van der Waals surface area contributed by atoms with Gasteiger partial charge in [0.1, 0.15) is 11.4 Å². The Hall–Kier alpha value is -1.10. The second-order valence-corrected chi connectivity index (χ2v) is 6.50. The molecule has 0 aliphatic heterocycles. The largest absolute Gasteiger partial charge is 0.443 e. The average molecular weight is 284 g/mol. The van der Waals surface area contributed by atoms with E-state index in [2.05, 4.69) is 10.9 Å². The van der Waals surface area contributed by atoms with Crippen LogP contribution in [-0.2, 0) is 9.53 Å². The number of ketones is 1. The first-order valence-corrected chi connectivity index (χ1v) is 7.63. The number of rotatable bonds is 2. The summed E-state index contributed by atoms with van der Waals surface area (Å²) in [6.45, 7) is 5.55. The topological polar surface area (TPSA) is 67.4 Å². The van der Waals surface area contributed by atoms with Crippen LogP contribution in [0.3, 0.4) is 0 Å². The molecule has 0 aromatic rings. The number of amides is 1. The van der Waals surface area contributed by atoms with Crippen molar-refractivity contribution in [2.24, 2.45) is 0 Å². The maximum absolute atomic E-state index is 11.2. The van der Waals surface area contributed by atoms with Crippen LogP contribution in [0, 0.1) is 0 Å². The highest BCUT2D eigenvalue weighted by Crippen LogP contribution is 2.16. The molecule has 0 heterocycles. The van der Waals surface area contributed by atoms with Crippen LogP contribution in [0.4, 0.5) is 4.79 Å². The summed E-state index contributed by atoms with van der Waals surface area (Å²) in [5.41, 5.74) is 5.12. The minimum absolute atomic E-state index is 0.399. The van der Waals surface area contributed by atoms with Gasteiger partial charge in [-0.15, -0.1) is 0 Å². The van der Waals surface area contributed by atoms with Gasteiger partial charge in [-0.1, -0.05) is 12.8 Å². The molecule has 5 nitrogen and oxygen atoms in total. The lowest BCUT2D eigenvalue weighted by molar-refractivity contribution is -0.117. The fourth-order valence-electron chi connectivity index (χ4n) is 2.30. The number of carbonyl (C=O) groups excluding carboxylic acids is 2. The van der Waals surface area contributed by atoms with Crippen molar-refractivity contribution >= 4 is 11.9 Å². The summed E-state index contributed by atoms with van der Waals surface area (Å²) >= 11 is 0. The summed E-state index contributed by atoms with van der Waals surface area (Å²) in [6.07, 6.45) is 8.33. The van der Waals surface area contributed by atoms with Gasteiger partial charge in [0.25, 0.3) is 0 Å². The molecule has 0 aromatic carbocycles. The molecule has 0 bridgehead atoms. The van der Waals surface area contributed by atoms with Gasteiger partial charge in [0.2, 0.25) is 0 Å². The SMILES string of the molecule is CC(C)(C)OC(=O)NNC1CCCC1.O=C1CCCC1. The lowest BCUT2D eigenvalue weighted by atomic mass is 10.2. The summed E-state index contributed by atoms with van der Waals surface area (Å²) in [6, 6.07) is 0.419. The molecule has 2 fully saturated rings. The predicted octanol–water partition coefficient (Wildman–Crippen LogP) is 3.09. The zero-order valence-corrected chi connectivity index (χ0v) is 13.0. The highest BCUT2D eigenvalue weighted by molar-refractivity contribution is 5.80. The molecule has 0 radical (unpaired) electrons. The van der Waals surface area contributed by atoms with Gasteiger partial charge in [-0.05, 0) is 46.5 Å². The first-order valence-electron chi connectivity index (χ1n) is 7.63. The number of Topliss-reactive ketones (excluding diaryl/α,β-unsaturated/α-hetero) is 1. The Bertz CT molecular complexity index is 310. The molecular formula is C15H28N2O3. The van der Waals surface area contributed by atoms with Gasteiger partial charge in [0.15, 0.2) is 0 Å². The molecule has 20 heavy (non-hydrogen) atoms. The first kappa shape index (κ1) is 17.0. The van der Waals surface area contributed by atoms with Gasteiger partial charge in [-0.2, -0.15) is 0 Å². The number of hydrogen-bond acceptors (Lipinski definition) is 4. The third kappa shape index (κ3) is 8.15. The second kappa shape index (κ2) is 8.25. The molecule has 2 saturated carbocycles. The molecule has 1 amide bonds. The van der Waals surface area contributed by atoms with Gasteiger partial charge in [0, 0.05) is 18.9 Å². The van der Waals surface area contributed by atoms with Crippen molar-refractivity contribution in [3.05, 3.63) is 0 Å². The summed E-state index contributed by atoms with van der Waals surface area (Å²) < 4.78 is 5.08. The van der Waals surface area contributed by atoms with E-state index in [-0.39, 0.29) is 0 Å². The normalized spacial score (nSPS) is 19.4. The Labute approximate surface area is 121 Å². The van der Waals surface area contributed by atoms with Crippen LogP contribution in [0.2, 0.25) is 0 Å². The standard InChI is InChI=1S/C10H20N2O2.C5H8O/c1-10(2,3)14-9(13)12-11-8-6-4-5-7-8;6-5-3-1-2-4-5/h8,11H,4-7H2,1-3H3,(H,12,13);1-4H2. The van der Waals surface area contributed by atoms with Crippen LogP contribution in [0.25, 0.3) is 0 Å². The quantitative estimate of drug-likeness (QED) is 0.765. The van der Waals surface area contributed by atoms with Crippen molar-refractivity contribution < 1.29 is 14.3 Å². The monoisotopic (exact) mass is 284 g/mol. The van der Waals surface area contributed by atoms with E-state index in [1.165, 1.54) is 12.8 Å². The Morgan fingerprint density at radius 2 is 1.65 bits per heavy atom. The number of nitrogens with one attached hydrogen (secondary N) is 2. The smallest absolute Gasteiger partial charge is 0.422 e. The summed E-state index contributed by atoms with van der Waals surface area (Å²) in [7, 11) is 0. The van der Waals surface area contributed by atoms with Crippen LogP contribution < -0.4 is 10.9 Å². The second-order valence-electron chi connectivity index (χ2n) is 6.50. The minimum Gasteiger partial charge on any atom is -0.443 e. The first-order chi connectivity index (χ1) is 9.37. The number of hydrazine groups is 1. The Kier molecular flexibility index (Phi) is 6.99. The molecule has 2 N–H and O–H groups in total. The molecule has 2 aliphatic rings. The van der Waals surface area contributed by atoms with Gasteiger partial charge >= 0.3 is 6.09 Å². The van der Waals surface area contributed by atoms with Crippen molar-refractivity contribution in [1.82, 2.24) is 10.9 Å². The zero-order chi connectivity index (χ0) is 15.0. The molecule has 5 heteroatoms. The Morgan fingerprint density at radius 3 is 2.05 bits per heavy atom. The highest BCUT2D eigenvalue weighted by atomic mass is 16.6. The molecule has 0 aromatic heterocycles. The van der Waals surface area contributed by atoms with Crippen LogP contribution in [-0.4, -0.2) is 23.5 Å². The highest BCUT2D eigenvalue weighted by Gasteiger charge is 2.18.